The summed E-state index contributed by atoms with van der Waals surface area (Å²) in [6, 6.07) is 65.0. The van der Waals surface area contributed by atoms with Crippen LogP contribution in [0, 0.1) is 25.7 Å². The third kappa shape index (κ3) is 16.5. The molecule has 0 spiro atoms. The van der Waals surface area contributed by atoms with Gasteiger partial charge in [-0.15, -0.1) is 0 Å². The van der Waals surface area contributed by atoms with E-state index >= 15 is 0 Å². The van der Waals surface area contributed by atoms with Crippen molar-refractivity contribution in [1.82, 2.24) is 0 Å². The van der Waals surface area contributed by atoms with Gasteiger partial charge in [-0.3, -0.25) is 0 Å². The second kappa shape index (κ2) is 24.8. The molecule has 1 aliphatic rings. The third-order valence-corrected chi connectivity index (χ3v) is 13.2. The molecule has 0 nitrogen and oxygen atoms in total. The maximum absolute atomic E-state index is 9.75. The molecule has 0 bridgehead atoms. The minimum absolute atomic E-state index is 0. The van der Waals surface area contributed by atoms with Gasteiger partial charge in [-0.05, 0) is 124 Å². The molecule has 0 saturated heterocycles. The molecule has 0 aromatic heterocycles. The summed E-state index contributed by atoms with van der Waals surface area (Å²) in [6.07, 6.45) is 14.0. The Balaban J connectivity index is 0.000000208. The standard InChI is InChI=1S/2C18H15P.C8H12.BF4.Ir/c2*1-4-10-16(11-5-1)19(17-12-6-2-7-13-17)18-14-8-3-9-15-18;1-2-4-6-8-7-5-3-1;2-1(3,4)5;/h2*1-15H;1-2,7-8H,3-6H2;;/q;;;-1;/p+2. The zero-order chi connectivity index (χ0) is 36.0. The van der Waals surface area contributed by atoms with Crippen molar-refractivity contribution >= 4 is 54.9 Å². The SMILES string of the molecule is F[B-](F)(F)F.[CH]1[CH]CC[CH][CH]CC1.[Ir].c1ccc([PH+](c2ccccc2)c2ccccc2)cc1.c1ccc([PH+](c2ccccc2)c2ccccc2)cc1. The van der Waals surface area contributed by atoms with Crippen LogP contribution in [0.25, 0.3) is 0 Å². The van der Waals surface area contributed by atoms with Gasteiger partial charge in [0, 0.05) is 20.1 Å². The molecule has 1 fully saturated rings. The van der Waals surface area contributed by atoms with Crippen molar-refractivity contribution in [3.8, 4) is 0 Å². The Morgan fingerprint density at radius 1 is 0.288 bits per heavy atom. The van der Waals surface area contributed by atoms with Gasteiger partial charge in [0.1, 0.15) is 31.8 Å². The van der Waals surface area contributed by atoms with Crippen LogP contribution in [0.2, 0.25) is 0 Å². The Bertz CT molecular complexity index is 1400. The first kappa shape index (κ1) is 43.0. The normalized spacial score (nSPS) is 12.6. The van der Waals surface area contributed by atoms with Crippen molar-refractivity contribution < 1.29 is 37.4 Å². The first-order chi connectivity index (χ1) is 24.9. The Morgan fingerprint density at radius 3 is 0.558 bits per heavy atom. The van der Waals surface area contributed by atoms with Crippen molar-refractivity contribution in [1.29, 1.82) is 0 Å². The number of rotatable bonds is 6. The van der Waals surface area contributed by atoms with E-state index in [2.05, 4.69) is 208 Å². The molecular weight excluding hydrogens is 869 g/mol. The fraction of sp³-hybridized carbons (Fsp3) is 0.0909. The van der Waals surface area contributed by atoms with E-state index in [1.807, 2.05) is 0 Å². The van der Waals surface area contributed by atoms with Crippen molar-refractivity contribution in [3.63, 3.8) is 0 Å². The van der Waals surface area contributed by atoms with Gasteiger partial charge in [0.15, 0.2) is 0 Å². The average Bonchev–Trinajstić information content (AvgIpc) is 3.14. The van der Waals surface area contributed by atoms with Crippen LogP contribution in [-0.2, 0) is 20.1 Å². The molecule has 52 heavy (non-hydrogen) atoms. The van der Waals surface area contributed by atoms with Gasteiger partial charge in [-0.1, -0.05) is 109 Å². The molecule has 7 rings (SSSR count). The maximum Gasteiger partial charge on any atom is 0.673 e. The van der Waals surface area contributed by atoms with Crippen molar-refractivity contribution in [2.24, 2.45) is 0 Å². The van der Waals surface area contributed by atoms with Crippen LogP contribution in [0.1, 0.15) is 25.7 Å². The minimum Gasteiger partial charge on any atom is -0.418 e. The summed E-state index contributed by atoms with van der Waals surface area (Å²) < 4.78 is 39.0. The van der Waals surface area contributed by atoms with Crippen LogP contribution < -0.4 is 31.8 Å². The van der Waals surface area contributed by atoms with E-state index in [4.69, 9.17) is 0 Å². The van der Waals surface area contributed by atoms with Gasteiger partial charge in [0.25, 0.3) is 0 Å². The maximum atomic E-state index is 9.75. The molecule has 1 saturated carbocycles. The summed E-state index contributed by atoms with van der Waals surface area (Å²) in [5.74, 6) is 0. The average molecular weight is 914 g/mol. The fourth-order valence-corrected chi connectivity index (χ4v) is 10.6. The summed E-state index contributed by atoms with van der Waals surface area (Å²) >= 11 is 0. The van der Waals surface area contributed by atoms with Gasteiger partial charge in [-0.2, -0.15) is 0 Å². The fourth-order valence-electron chi connectivity index (χ4n) is 5.49. The van der Waals surface area contributed by atoms with Crippen LogP contribution in [-0.4, -0.2) is 7.25 Å². The first-order valence-corrected chi connectivity index (χ1v) is 20.1. The Hall–Kier alpha value is -3.39. The molecule has 6 aromatic carbocycles. The molecule has 1 aliphatic carbocycles. The van der Waals surface area contributed by atoms with E-state index in [1.165, 1.54) is 57.5 Å². The molecular formula is C44H44BF4IrP2+. The van der Waals surface area contributed by atoms with E-state index in [9.17, 15) is 17.3 Å². The zero-order valence-electron chi connectivity index (χ0n) is 28.9. The molecule has 269 valence electrons. The van der Waals surface area contributed by atoms with Gasteiger partial charge >= 0.3 is 7.25 Å². The van der Waals surface area contributed by atoms with Gasteiger partial charge < -0.3 is 17.3 Å². The van der Waals surface area contributed by atoms with Crippen LogP contribution in [0.5, 0.6) is 0 Å². The molecule has 0 atom stereocenters. The molecule has 0 amide bonds. The third-order valence-electron chi connectivity index (χ3n) is 7.71. The van der Waals surface area contributed by atoms with Gasteiger partial charge in [0.05, 0.1) is 15.8 Å². The zero-order valence-corrected chi connectivity index (χ0v) is 33.3. The van der Waals surface area contributed by atoms with Crippen LogP contribution >= 0.6 is 15.8 Å². The molecule has 0 aliphatic heterocycles. The van der Waals surface area contributed by atoms with Crippen LogP contribution in [0.4, 0.5) is 17.3 Å². The Labute approximate surface area is 324 Å². The number of benzene rings is 6. The van der Waals surface area contributed by atoms with E-state index in [0.29, 0.717) is 0 Å². The Morgan fingerprint density at radius 2 is 0.423 bits per heavy atom. The van der Waals surface area contributed by atoms with Crippen molar-refractivity contribution in [2.75, 3.05) is 0 Å². The van der Waals surface area contributed by atoms with Crippen LogP contribution in [0.3, 0.4) is 0 Å². The molecule has 5 radical (unpaired) electrons. The second-order valence-corrected chi connectivity index (χ2v) is 16.5. The smallest absolute Gasteiger partial charge is 0.418 e. The van der Waals surface area contributed by atoms with Crippen LogP contribution in [0.15, 0.2) is 182 Å². The summed E-state index contributed by atoms with van der Waals surface area (Å²) in [4.78, 5) is 0. The quantitative estimate of drug-likeness (QED) is 0.0888. The summed E-state index contributed by atoms with van der Waals surface area (Å²) in [5.41, 5.74) is 0. The van der Waals surface area contributed by atoms with Gasteiger partial charge in [-0.25, -0.2) is 0 Å². The van der Waals surface area contributed by atoms with E-state index in [1.54, 1.807) is 0 Å². The van der Waals surface area contributed by atoms with E-state index in [-0.39, 0.29) is 20.1 Å². The largest absolute Gasteiger partial charge is 0.673 e. The predicted octanol–water partition coefficient (Wildman–Crippen LogP) is 10.0. The van der Waals surface area contributed by atoms with E-state index < -0.39 is 23.1 Å². The second-order valence-electron chi connectivity index (χ2n) is 11.5. The molecule has 0 N–H and O–H groups in total. The van der Waals surface area contributed by atoms with Crippen molar-refractivity contribution in [2.45, 2.75) is 25.7 Å². The van der Waals surface area contributed by atoms with Gasteiger partial charge in [0.2, 0.25) is 0 Å². The van der Waals surface area contributed by atoms with E-state index in [0.717, 1.165) is 0 Å². The Kier molecular flexibility index (Phi) is 20.5. The van der Waals surface area contributed by atoms with Crippen molar-refractivity contribution in [3.05, 3.63) is 208 Å². The molecule has 0 unspecified atom stereocenters. The molecule has 0 heterocycles. The summed E-state index contributed by atoms with van der Waals surface area (Å²) in [7, 11) is -7.75. The monoisotopic (exact) mass is 914 g/mol. The minimum atomic E-state index is -6.00. The molecule has 6 aromatic rings. The summed E-state index contributed by atoms with van der Waals surface area (Å²) in [6.45, 7) is 0. The predicted molar refractivity (Wildman–Crippen MR) is 219 cm³/mol. The summed E-state index contributed by atoms with van der Waals surface area (Å²) in [5, 5.41) is 8.61. The number of halogens is 4. The first-order valence-electron chi connectivity index (χ1n) is 17.1. The molecule has 8 heteroatoms. The number of hydrogen-bond donors (Lipinski definition) is 0. The number of hydrogen-bond acceptors (Lipinski definition) is 0. The topological polar surface area (TPSA) is 0 Å².